The summed E-state index contributed by atoms with van der Waals surface area (Å²) in [6.45, 7) is 4.19. The number of aromatic nitrogens is 2. The van der Waals surface area contributed by atoms with E-state index in [9.17, 15) is 9.59 Å². The fraction of sp³-hybridized carbons (Fsp3) is 0.222. The van der Waals surface area contributed by atoms with E-state index in [1.165, 1.54) is 0 Å². The quantitative estimate of drug-likeness (QED) is 0.776. The lowest BCUT2D eigenvalue weighted by molar-refractivity contribution is -0.121. The van der Waals surface area contributed by atoms with Crippen molar-refractivity contribution >= 4 is 16.8 Å². The number of carbonyl (C=O) groups excluding carboxylic acids is 1. The predicted octanol–water partition coefficient (Wildman–Crippen LogP) is 2.26. The van der Waals surface area contributed by atoms with Crippen LogP contribution in [0.1, 0.15) is 16.8 Å². The van der Waals surface area contributed by atoms with Crippen molar-refractivity contribution < 1.29 is 4.79 Å². The highest BCUT2D eigenvalue weighted by atomic mass is 16.2. The van der Waals surface area contributed by atoms with E-state index in [0.29, 0.717) is 5.56 Å². The van der Waals surface area contributed by atoms with Gasteiger partial charge in [-0.25, -0.2) is 0 Å². The molecule has 118 valence electrons. The SMILES string of the molecule is Cc1cc(C)c(CNC(=O)Cn2ccc3ccccc32)c(=O)[nH]1. The number of aryl methyl sites for hydroxylation is 2. The molecule has 0 saturated carbocycles. The molecule has 2 heterocycles. The van der Waals surface area contributed by atoms with E-state index >= 15 is 0 Å². The number of pyridine rings is 1. The normalized spacial score (nSPS) is 10.9. The monoisotopic (exact) mass is 309 g/mol. The first-order valence-electron chi connectivity index (χ1n) is 7.54. The highest BCUT2D eigenvalue weighted by Gasteiger charge is 2.09. The molecule has 0 aliphatic carbocycles. The summed E-state index contributed by atoms with van der Waals surface area (Å²) >= 11 is 0. The van der Waals surface area contributed by atoms with Crippen molar-refractivity contribution in [1.82, 2.24) is 14.9 Å². The van der Waals surface area contributed by atoms with Crippen molar-refractivity contribution in [3.05, 3.63) is 69.8 Å². The minimum atomic E-state index is -0.144. The lowest BCUT2D eigenvalue weighted by atomic mass is 10.1. The maximum atomic E-state index is 12.2. The molecule has 5 heteroatoms. The van der Waals surface area contributed by atoms with Gasteiger partial charge in [0, 0.05) is 29.5 Å². The molecule has 0 fully saturated rings. The topological polar surface area (TPSA) is 66.9 Å². The van der Waals surface area contributed by atoms with Crippen molar-refractivity contribution in [2.24, 2.45) is 0 Å². The number of aromatic amines is 1. The molecular formula is C18H19N3O2. The summed E-state index contributed by atoms with van der Waals surface area (Å²) in [6.07, 6.45) is 1.90. The molecule has 0 spiro atoms. The van der Waals surface area contributed by atoms with E-state index in [4.69, 9.17) is 0 Å². The van der Waals surface area contributed by atoms with Gasteiger partial charge in [0.25, 0.3) is 5.56 Å². The maximum Gasteiger partial charge on any atom is 0.253 e. The van der Waals surface area contributed by atoms with Gasteiger partial charge in [0.15, 0.2) is 0 Å². The van der Waals surface area contributed by atoms with Crippen LogP contribution in [-0.2, 0) is 17.9 Å². The average Bonchev–Trinajstić information content (AvgIpc) is 2.89. The Balaban J connectivity index is 1.70. The number of carbonyl (C=O) groups is 1. The van der Waals surface area contributed by atoms with Gasteiger partial charge in [0.05, 0.1) is 0 Å². The molecule has 23 heavy (non-hydrogen) atoms. The lowest BCUT2D eigenvalue weighted by Crippen LogP contribution is -2.30. The number of para-hydroxylation sites is 1. The van der Waals surface area contributed by atoms with Crippen LogP contribution < -0.4 is 10.9 Å². The minimum absolute atomic E-state index is 0.120. The molecule has 3 aromatic rings. The first-order valence-corrected chi connectivity index (χ1v) is 7.54. The average molecular weight is 309 g/mol. The Morgan fingerprint density at radius 2 is 2.00 bits per heavy atom. The number of fused-ring (bicyclic) bond motifs is 1. The highest BCUT2D eigenvalue weighted by Crippen LogP contribution is 2.14. The predicted molar refractivity (Wildman–Crippen MR) is 90.3 cm³/mol. The molecule has 2 N–H and O–H groups in total. The molecule has 0 atom stereocenters. The van der Waals surface area contributed by atoms with Crippen molar-refractivity contribution in [2.45, 2.75) is 26.9 Å². The van der Waals surface area contributed by atoms with Crippen LogP contribution in [0.5, 0.6) is 0 Å². The lowest BCUT2D eigenvalue weighted by Gasteiger charge is -2.09. The zero-order valence-corrected chi connectivity index (χ0v) is 13.2. The van der Waals surface area contributed by atoms with Gasteiger partial charge in [-0.1, -0.05) is 18.2 Å². The molecule has 0 unspecified atom stereocenters. The number of hydrogen-bond acceptors (Lipinski definition) is 2. The van der Waals surface area contributed by atoms with Crippen LogP contribution in [0.2, 0.25) is 0 Å². The van der Waals surface area contributed by atoms with Gasteiger partial charge < -0.3 is 14.9 Å². The minimum Gasteiger partial charge on any atom is -0.350 e. The van der Waals surface area contributed by atoms with E-state index < -0.39 is 0 Å². The second-order valence-electron chi connectivity index (χ2n) is 5.72. The summed E-state index contributed by atoms with van der Waals surface area (Å²) in [6, 6.07) is 11.8. The highest BCUT2D eigenvalue weighted by molar-refractivity contribution is 5.83. The second-order valence-corrected chi connectivity index (χ2v) is 5.72. The largest absolute Gasteiger partial charge is 0.350 e. The molecule has 3 rings (SSSR count). The van der Waals surface area contributed by atoms with Gasteiger partial charge >= 0.3 is 0 Å². The Kier molecular flexibility index (Phi) is 4.02. The van der Waals surface area contributed by atoms with E-state index in [-0.39, 0.29) is 24.6 Å². The fourth-order valence-corrected chi connectivity index (χ4v) is 2.78. The van der Waals surface area contributed by atoms with Gasteiger partial charge in [-0.2, -0.15) is 0 Å². The Hall–Kier alpha value is -2.82. The molecule has 1 amide bonds. The van der Waals surface area contributed by atoms with Crippen LogP contribution in [0.4, 0.5) is 0 Å². The Morgan fingerprint density at radius 1 is 1.22 bits per heavy atom. The van der Waals surface area contributed by atoms with Gasteiger partial charge in [0.2, 0.25) is 5.91 Å². The van der Waals surface area contributed by atoms with E-state index in [0.717, 1.165) is 22.2 Å². The third kappa shape index (κ3) is 3.18. The smallest absolute Gasteiger partial charge is 0.253 e. The van der Waals surface area contributed by atoms with Gasteiger partial charge in [-0.05, 0) is 43.0 Å². The summed E-state index contributed by atoms with van der Waals surface area (Å²) in [5, 5.41) is 3.93. The number of nitrogens with one attached hydrogen (secondary N) is 2. The molecule has 0 saturated heterocycles. The number of amides is 1. The van der Waals surface area contributed by atoms with Gasteiger partial charge in [-0.3, -0.25) is 9.59 Å². The Labute approximate surface area is 134 Å². The molecule has 0 bridgehead atoms. The number of H-pyrrole nitrogens is 1. The number of rotatable bonds is 4. The third-order valence-corrected chi connectivity index (χ3v) is 3.95. The molecule has 2 aromatic heterocycles. The molecule has 0 radical (unpaired) electrons. The van der Waals surface area contributed by atoms with Crippen LogP contribution in [0.15, 0.2) is 47.4 Å². The molecule has 5 nitrogen and oxygen atoms in total. The summed E-state index contributed by atoms with van der Waals surface area (Å²) in [5.41, 5.74) is 3.18. The Bertz CT molecular complexity index is 921. The van der Waals surface area contributed by atoms with Crippen molar-refractivity contribution in [3.8, 4) is 0 Å². The molecule has 1 aromatic carbocycles. The third-order valence-electron chi connectivity index (χ3n) is 3.95. The van der Waals surface area contributed by atoms with Gasteiger partial charge in [0.1, 0.15) is 6.54 Å². The first-order chi connectivity index (χ1) is 11.0. The van der Waals surface area contributed by atoms with Crippen molar-refractivity contribution in [2.75, 3.05) is 0 Å². The zero-order valence-electron chi connectivity index (χ0n) is 13.2. The molecule has 0 aliphatic rings. The molecular weight excluding hydrogens is 290 g/mol. The second kappa shape index (κ2) is 6.12. The summed E-state index contributed by atoms with van der Waals surface area (Å²) in [5.74, 6) is -0.120. The van der Waals surface area contributed by atoms with Crippen molar-refractivity contribution in [1.29, 1.82) is 0 Å². The number of benzene rings is 1. The van der Waals surface area contributed by atoms with Crippen LogP contribution in [0, 0.1) is 13.8 Å². The summed E-state index contributed by atoms with van der Waals surface area (Å²) < 4.78 is 1.90. The van der Waals surface area contributed by atoms with Crippen LogP contribution in [0.3, 0.4) is 0 Å². The van der Waals surface area contributed by atoms with Crippen LogP contribution in [-0.4, -0.2) is 15.5 Å². The van der Waals surface area contributed by atoms with Crippen molar-refractivity contribution in [3.63, 3.8) is 0 Å². The number of nitrogens with zero attached hydrogens (tertiary/aromatic N) is 1. The van der Waals surface area contributed by atoms with Crippen LogP contribution >= 0.6 is 0 Å². The van der Waals surface area contributed by atoms with Gasteiger partial charge in [-0.15, -0.1) is 0 Å². The van der Waals surface area contributed by atoms with E-state index in [1.54, 1.807) is 0 Å². The molecule has 0 aliphatic heterocycles. The first kappa shape index (κ1) is 15.1. The summed E-state index contributed by atoms with van der Waals surface area (Å²) in [4.78, 5) is 26.9. The number of hydrogen-bond donors (Lipinski definition) is 2. The fourth-order valence-electron chi connectivity index (χ4n) is 2.78. The maximum absolute atomic E-state index is 12.2. The van der Waals surface area contributed by atoms with E-state index in [2.05, 4.69) is 10.3 Å². The standard InChI is InChI=1S/C18H19N3O2/c1-12-9-13(2)20-18(23)15(12)10-19-17(22)11-21-8-7-14-5-3-4-6-16(14)21/h3-9H,10-11H2,1-2H3,(H,19,22)(H,20,23). The summed E-state index contributed by atoms with van der Waals surface area (Å²) in [7, 11) is 0. The van der Waals surface area contributed by atoms with E-state index in [1.807, 2.05) is 61.0 Å². The zero-order chi connectivity index (χ0) is 16.4. The van der Waals surface area contributed by atoms with Crippen LogP contribution in [0.25, 0.3) is 10.9 Å². The Morgan fingerprint density at radius 3 is 2.78 bits per heavy atom.